The molecule has 108 valence electrons. The monoisotopic (exact) mass is 325 g/mol. The molecule has 0 aliphatic heterocycles. The molecular weight excluding hydrogens is 317 g/mol. The molecule has 0 spiro atoms. The van der Waals surface area contributed by atoms with Gasteiger partial charge in [-0.05, 0) is 30.3 Å². The minimum Gasteiger partial charge on any atom is -0.507 e. The zero-order chi connectivity index (χ0) is 15.6. The van der Waals surface area contributed by atoms with Crippen molar-refractivity contribution in [3.05, 3.63) is 57.6 Å². The molecule has 1 amide bonds. The van der Waals surface area contributed by atoms with Crippen LogP contribution in [0.5, 0.6) is 5.75 Å². The molecular formula is C14H9Cl2NO4. The van der Waals surface area contributed by atoms with Crippen LogP contribution < -0.4 is 5.32 Å². The lowest BCUT2D eigenvalue weighted by atomic mass is 10.1. The van der Waals surface area contributed by atoms with E-state index in [9.17, 15) is 14.7 Å². The van der Waals surface area contributed by atoms with E-state index in [0.717, 1.165) is 0 Å². The minimum absolute atomic E-state index is 0.0453. The van der Waals surface area contributed by atoms with E-state index in [-0.39, 0.29) is 32.6 Å². The first-order chi connectivity index (χ1) is 9.90. The third kappa shape index (κ3) is 3.26. The number of rotatable bonds is 3. The van der Waals surface area contributed by atoms with Crippen molar-refractivity contribution in [2.45, 2.75) is 0 Å². The van der Waals surface area contributed by atoms with Crippen LogP contribution in [0.2, 0.25) is 10.0 Å². The van der Waals surface area contributed by atoms with Crippen LogP contribution in [0.15, 0.2) is 36.4 Å². The Hall–Kier alpha value is -2.24. The van der Waals surface area contributed by atoms with E-state index in [4.69, 9.17) is 28.3 Å². The largest absolute Gasteiger partial charge is 0.507 e. The number of carbonyl (C=O) groups is 2. The fourth-order valence-corrected chi connectivity index (χ4v) is 2.09. The maximum absolute atomic E-state index is 12.1. The van der Waals surface area contributed by atoms with Crippen LogP contribution in [-0.4, -0.2) is 22.1 Å². The Morgan fingerprint density at radius 3 is 2.43 bits per heavy atom. The predicted octanol–water partition coefficient (Wildman–Crippen LogP) is 3.65. The lowest BCUT2D eigenvalue weighted by Crippen LogP contribution is -2.15. The average molecular weight is 326 g/mol. The van der Waals surface area contributed by atoms with E-state index in [1.165, 1.54) is 36.4 Å². The summed E-state index contributed by atoms with van der Waals surface area (Å²) in [5.41, 5.74) is -0.285. The molecule has 0 fully saturated rings. The van der Waals surface area contributed by atoms with E-state index in [0.29, 0.717) is 0 Å². The quantitative estimate of drug-likeness (QED) is 0.803. The highest BCUT2D eigenvalue weighted by Crippen LogP contribution is 2.28. The molecule has 0 saturated carbocycles. The number of carbonyl (C=O) groups excluding carboxylic acids is 1. The van der Waals surface area contributed by atoms with Gasteiger partial charge < -0.3 is 15.5 Å². The summed E-state index contributed by atoms with van der Waals surface area (Å²) >= 11 is 11.7. The molecule has 0 aliphatic carbocycles. The SMILES string of the molecule is O=C(Nc1c(Cl)cccc1C(=O)O)c1cc(Cl)ccc1O. The van der Waals surface area contributed by atoms with Gasteiger partial charge in [0.15, 0.2) is 0 Å². The number of amides is 1. The number of hydrogen-bond acceptors (Lipinski definition) is 3. The lowest BCUT2D eigenvalue weighted by Gasteiger charge is -2.11. The Bertz CT molecular complexity index is 731. The van der Waals surface area contributed by atoms with E-state index in [1.54, 1.807) is 0 Å². The molecule has 0 radical (unpaired) electrons. The molecule has 21 heavy (non-hydrogen) atoms. The van der Waals surface area contributed by atoms with Gasteiger partial charge in [-0.25, -0.2) is 4.79 Å². The standard InChI is InChI=1S/C14H9Cl2NO4/c15-7-4-5-11(18)9(6-7)13(19)17-12-8(14(20)21)2-1-3-10(12)16/h1-6,18H,(H,17,19)(H,20,21). The smallest absolute Gasteiger partial charge is 0.337 e. The Balaban J connectivity index is 2.41. The van der Waals surface area contributed by atoms with Gasteiger partial charge in [-0.15, -0.1) is 0 Å². The molecule has 0 heterocycles. The molecule has 5 nitrogen and oxygen atoms in total. The van der Waals surface area contributed by atoms with Gasteiger partial charge in [-0.2, -0.15) is 0 Å². The summed E-state index contributed by atoms with van der Waals surface area (Å²) in [5.74, 6) is -2.23. The molecule has 0 aromatic heterocycles. The summed E-state index contributed by atoms with van der Waals surface area (Å²) in [6.07, 6.45) is 0. The summed E-state index contributed by atoms with van der Waals surface area (Å²) < 4.78 is 0. The Morgan fingerprint density at radius 1 is 1.05 bits per heavy atom. The van der Waals surface area contributed by atoms with Crippen LogP contribution >= 0.6 is 23.2 Å². The van der Waals surface area contributed by atoms with Gasteiger partial charge >= 0.3 is 5.97 Å². The number of aromatic hydroxyl groups is 1. The zero-order valence-corrected chi connectivity index (χ0v) is 11.9. The second kappa shape index (κ2) is 6.03. The van der Waals surface area contributed by atoms with Crippen LogP contribution in [0.3, 0.4) is 0 Å². The number of para-hydroxylation sites is 1. The number of carboxylic acids is 1. The van der Waals surface area contributed by atoms with E-state index < -0.39 is 11.9 Å². The topological polar surface area (TPSA) is 86.6 Å². The van der Waals surface area contributed by atoms with Crippen molar-refractivity contribution in [2.24, 2.45) is 0 Å². The molecule has 0 bridgehead atoms. The maximum atomic E-state index is 12.1. The number of phenols is 1. The molecule has 3 N–H and O–H groups in total. The first-order valence-corrected chi connectivity index (χ1v) is 6.47. The molecule has 2 aromatic rings. The van der Waals surface area contributed by atoms with Crippen molar-refractivity contribution < 1.29 is 19.8 Å². The van der Waals surface area contributed by atoms with Gasteiger partial charge in [0.05, 0.1) is 21.8 Å². The molecule has 0 unspecified atom stereocenters. The van der Waals surface area contributed by atoms with Crippen LogP contribution in [0.1, 0.15) is 20.7 Å². The first kappa shape index (κ1) is 15.2. The summed E-state index contributed by atoms with van der Waals surface area (Å²) in [4.78, 5) is 23.3. The number of benzene rings is 2. The van der Waals surface area contributed by atoms with Crippen molar-refractivity contribution in [3.63, 3.8) is 0 Å². The van der Waals surface area contributed by atoms with Gasteiger partial charge in [0.1, 0.15) is 5.75 Å². The molecule has 2 aromatic carbocycles. The number of phenolic OH excluding ortho intramolecular Hbond substituents is 1. The van der Waals surface area contributed by atoms with E-state index in [2.05, 4.69) is 5.32 Å². The van der Waals surface area contributed by atoms with Crippen molar-refractivity contribution in [2.75, 3.05) is 5.32 Å². The van der Waals surface area contributed by atoms with Crippen LogP contribution in [0, 0.1) is 0 Å². The van der Waals surface area contributed by atoms with Crippen molar-refractivity contribution in [1.82, 2.24) is 0 Å². The predicted molar refractivity (Wildman–Crippen MR) is 79.5 cm³/mol. The van der Waals surface area contributed by atoms with Crippen molar-refractivity contribution >= 4 is 40.8 Å². The fourth-order valence-electron chi connectivity index (χ4n) is 1.70. The third-order valence-corrected chi connectivity index (χ3v) is 3.24. The summed E-state index contributed by atoms with van der Waals surface area (Å²) in [6, 6.07) is 8.17. The lowest BCUT2D eigenvalue weighted by molar-refractivity contribution is 0.0698. The minimum atomic E-state index is -1.23. The zero-order valence-electron chi connectivity index (χ0n) is 10.4. The molecule has 2 rings (SSSR count). The number of aromatic carboxylic acids is 1. The number of anilines is 1. The number of carboxylic acid groups (broad SMARTS) is 1. The van der Waals surface area contributed by atoms with Crippen molar-refractivity contribution in [3.8, 4) is 5.75 Å². The highest BCUT2D eigenvalue weighted by atomic mass is 35.5. The van der Waals surface area contributed by atoms with E-state index in [1.807, 2.05) is 0 Å². The van der Waals surface area contributed by atoms with Crippen LogP contribution in [-0.2, 0) is 0 Å². The molecule has 7 heteroatoms. The van der Waals surface area contributed by atoms with Gasteiger partial charge in [0.25, 0.3) is 5.91 Å². The fraction of sp³-hybridized carbons (Fsp3) is 0. The summed E-state index contributed by atoms with van der Waals surface area (Å²) in [7, 11) is 0. The Labute approximate surface area is 129 Å². The van der Waals surface area contributed by atoms with Gasteiger partial charge in [-0.3, -0.25) is 4.79 Å². The normalized spacial score (nSPS) is 10.2. The second-order valence-electron chi connectivity index (χ2n) is 4.08. The second-order valence-corrected chi connectivity index (χ2v) is 4.93. The highest BCUT2D eigenvalue weighted by molar-refractivity contribution is 6.35. The van der Waals surface area contributed by atoms with Gasteiger partial charge in [0.2, 0.25) is 0 Å². The van der Waals surface area contributed by atoms with Gasteiger partial charge in [-0.1, -0.05) is 29.3 Å². The van der Waals surface area contributed by atoms with E-state index >= 15 is 0 Å². The average Bonchev–Trinajstić information content (AvgIpc) is 2.43. The van der Waals surface area contributed by atoms with Crippen LogP contribution in [0.25, 0.3) is 0 Å². The number of nitrogens with one attached hydrogen (secondary N) is 1. The van der Waals surface area contributed by atoms with Gasteiger partial charge in [0, 0.05) is 5.02 Å². The molecule has 0 aliphatic rings. The third-order valence-electron chi connectivity index (χ3n) is 2.69. The highest BCUT2D eigenvalue weighted by Gasteiger charge is 2.18. The molecule has 0 saturated heterocycles. The first-order valence-electron chi connectivity index (χ1n) is 5.72. The maximum Gasteiger partial charge on any atom is 0.337 e. The van der Waals surface area contributed by atoms with Crippen LogP contribution in [0.4, 0.5) is 5.69 Å². The molecule has 0 atom stereocenters. The number of halogens is 2. The summed E-state index contributed by atoms with van der Waals surface area (Å²) in [6.45, 7) is 0. The van der Waals surface area contributed by atoms with Crippen molar-refractivity contribution in [1.29, 1.82) is 0 Å². The Kier molecular flexibility index (Phi) is 4.35. The Morgan fingerprint density at radius 2 is 1.76 bits per heavy atom. The summed E-state index contributed by atoms with van der Waals surface area (Å²) in [5, 5.41) is 21.5. The number of hydrogen-bond donors (Lipinski definition) is 3.